The number of aliphatic hydroxyl groups is 2. The van der Waals surface area contributed by atoms with Gasteiger partial charge in [-0.1, -0.05) is 84.5 Å². The first kappa shape index (κ1) is 20.9. The van der Waals surface area contributed by atoms with E-state index in [9.17, 15) is 10.2 Å². The predicted molar refractivity (Wildman–Crippen MR) is 92.9 cm³/mol. The second kappa shape index (κ2) is 11.4. The highest BCUT2D eigenvalue weighted by atomic mass is 17.0. The Morgan fingerprint density at radius 3 is 1.74 bits per heavy atom. The normalized spacial score (nSPS) is 26.6. The molecule has 1 rings (SSSR count). The molecule has 0 aromatic rings. The van der Waals surface area contributed by atoms with Crippen molar-refractivity contribution in [1.29, 1.82) is 0 Å². The van der Waals surface area contributed by atoms with Gasteiger partial charge in [0.15, 0.2) is 0 Å². The molecule has 2 atom stereocenters. The van der Waals surface area contributed by atoms with E-state index >= 15 is 0 Å². The fourth-order valence-corrected chi connectivity index (χ4v) is 2.97. The van der Waals surface area contributed by atoms with E-state index in [1.54, 1.807) is 0 Å². The summed E-state index contributed by atoms with van der Waals surface area (Å²) in [6.07, 6.45) is 15.7. The molecule has 2 unspecified atom stereocenters. The Morgan fingerprint density at radius 2 is 1.17 bits per heavy atom. The van der Waals surface area contributed by atoms with Gasteiger partial charge < -0.3 is 14.9 Å². The lowest BCUT2D eigenvalue weighted by Gasteiger charge is -2.11. The van der Waals surface area contributed by atoms with Crippen molar-refractivity contribution in [3.8, 4) is 0 Å². The van der Waals surface area contributed by atoms with Gasteiger partial charge in [-0.05, 0) is 12.8 Å². The molecule has 2 N–H and O–H groups in total. The molecule has 23 heavy (non-hydrogen) atoms. The van der Waals surface area contributed by atoms with Crippen LogP contribution in [0.5, 0.6) is 0 Å². The van der Waals surface area contributed by atoms with E-state index in [0.29, 0.717) is 13.0 Å². The van der Waals surface area contributed by atoms with Gasteiger partial charge in [0.2, 0.25) is 0 Å². The van der Waals surface area contributed by atoms with Gasteiger partial charge in [-0.2, -0.15) is 0 Å². The zero-order valence-electron chi connectivity index (χ0n) is 15.3. The maximum absolute atomic E-state index is 10.2. The summed E-state index contributed by atoms with van der Waals surface area (Å²) in [5.74, 6) is -3.22. The molecule has 4 nitrogen and oxygen atoms in total. The minimum atomic E-state index is -1.75. The van der Waals surface area contributed by atoms with Crippen LogP contribution in [0.4, 0.5) is 0 Å². The molecule has 1 saturated heterocycles. The number of hydrogen-bond donors (Lipinski definition) is 2. The Labute approximate surface area is 142 Å². The van der Waals surface area contributed by atoms with E-state index in [2.05, 4.69) is 13.8 Å². The Hall–Kier alpha value is -0.160. The van der Waals surface area contributed by atoms with Crippen LogP contribution in [-0.2, 0) is 9.47 Å². The molecule has 4 heteroatoms. The third kappa shape index (κ3) is 7.97. The smallest absolute Gasteiger partial charge is 0.340 e. The minimum Gasteiger partial charge on any atom is -0.359 e. The zero-order valence-corrected chi connectivity index (χ0v) is 15.3. The molecular formula is C19H38O4. The SMILES string of the molecule is CCCCCCCCCCC1(O)OC1(O)OCCCCCCC. The molecule has 1 fully saturated rings. The largest absolute Gasteiger partial charge is 0.359 e. The Balaban J connectivity index is 1.98. The van der Waals surface area contributed by atoms with E-state index in [1.165, 1.54) is 57.8 Å². The number of unbranched alkanes of at least 4 members (excludes halogenated alkanes) is 11. The van der Waals surface area contributed by atoms with Crippen molar-refractivity contribution in [2.75, 3.05) is 6.61 Å². The van der Waals surface area contributed by atoms with Crippen LogP contribution < -0.4 is 0 Å². The molecule has 0 amide bonds. The van der Waals surface area contributed by atoms with Gasteiger partial charge in [0.05, 0.1) is 6.61 Å². The van der Waals surface area contributed by atoms with Crippen molar-refractivity contribution >= 4 is 0 Å². The highest BCUT2D eigenvalue weighted by Gasteiger charge is 2.71. The molecule has 0 spiro atoms. The quantitative estimate of drug-likeness (QED) is 0.241. The van der Waals surface area contributed by atoms with Crippen LogP contribution in [0.1, 0.15) is 104 Å². The van der Waals surface area contributed by atoms with Crippen molar-refractivity contribution in [3.05, 3.63) is 0 Å². The number of rotatable bonds is 16. The summed E-state index contributed by atoms with van der Waals surface area (Å²) in [5, 5.41) is 20.2. The van der Waals surface area contributed by atoms with Gasteiger partial charge in [-0.25, -0.2) is 0 Å². The van der Waals surface area contributed by atoms with Crippen LogP contribution in [0, 0.1) is 0 Å². The summed E-state index contributed by atoms with van der Waals surface area (Å²) in [7, 11) is 0. The highest BCUT2D eigenvalue weighted by Crippen LogP contribution is 2.48. The van der Waals surface area contributed by atoms with E-state index < -0.39 is 11.8 Å². The van der Waals surface area contributed by atoms with Gasteiger partial charge >= 0.3 is 5.97 Å². The summed E-state index contributed by atoms with van der Waals surface area (Å²) in [6, 6.07) is 0. The number of ether oxygens (including phenoxy) is 2. The third-order valence-corrected chi connectivity index (χ3v) is 4.67. The van der Waals surface area contributed by atoms with Gasteiger partial charge in [-0.3, -0.25) is 4.74 Å². The second-order valence-electron chi connectivity index (χ2n) is 6.96. The molecule has 0 bridgehead atoms. The lowest BCUT2D eigenvalue weighted by atomic mass is 10.1. The van der Waals surface area contributed by atoms with Gasteiger partial charge in [0.25, 0.3) is 5.79 Å². The zero-order chi connectivity index (χ0) is 17.0. The van der Waals surface area contributed by atoms with Crippen LogP contribution in [-0.4, -0.2) is 28.6 Å². The Kier molecular flexibility index (Phi) is 10.4. The number of hydrogen-bond acceptors (Lipinski definition) is 4. The van der Waals surface area contributed by atoms with Crippen LogP contribution >= 0.6 is 0 Å². The lowest BCUT2D eigenvalue weighted by molar-refractivity contribution is -0.204. The summed E-state index contributed by atoms with van der Waals surface area (Å²) < 4.78 is 10.4. The standard InChI is InChI=1S/C19H38O4/c1-3-5-7-9-10-11-12-14-16-18(20)19(21,23-18)22-17-15-13-8-6-4-2/h20-21H,3-17H2,1-2H3. The average molecular weight is 331 g/mol. The van der Waals surface area contributed by atoms with Gasteiger partial charge in [0.1, 0.15) is 0 Å². The number of epoxide rings is 1. The molecule has 0 aromatic carbocycles. The molecule has 0 aromatic heterocycles. The van der Waals surface area contributed by atoms with Crippen molar-refractivity contribution in [2.45, 2.75) is 115 Å². The Morgan fingerprint density at radius 1 is 0.696 bits per heavy atom. The van der Waals surface area contributed by atoms with Crippen LogP contribution in [0.3, 0.4) is 0 Å². The summed E-state index contributed by atoms with van der Waals surface area (Å²) in [5.41, 5.74) is 0. The van der Waals surface area contributed by atoms with E-state index in [-0.39, 0.29) is 0 Å². The third-order valence-electron chi connectivity index (χ3n) is 4.67. The molecule has 1 heterocycles. The minimum absolute atomic E-state index is 0.444. The maximum atomic E-state index is 10.2. The molecule has 1 aliphatic rings. The van der Waals surface area contributed by atoms with Crippen LogP contribution in [0.2, 0.25) is 0 Å². The van der Waals surface area contributed by atoms with Crippen molar-refractivity contribution in [2.24, 2.45) is 0 Å². The molecular weight excluding hydrogens is 292 g/mol. The first-order valence-corrected chi connectivity index (χ1v) is 9.87. The monoisotopic (exact) mass is 330 g/mol. The van der Waals surface area contributed by atoms with Crippen molar-refractivity contribution in [1.82, 2.24) is 0 Å². The molecule has 138 valence electrons. The van der Waals surface area contributed by atoms with E-state index in [0.717, 1.165) is 25.7 Å². The van der Waals surface area contributed by atoms with Crippen LogP contribution in [0.15, 0.2) is 0 Å². The summed E-state index contributed by atoms with van der Waals surface area (Å²) in [6.45, 7) is 4.85. The highest BCUT2D eigenvalue weighted by molar-refractivity contribution is 4.93. The summed E-state index contributed by atoms with van der Waals surface area (Å²) >= 11 is 0. The molecule has 0 aliphatic carbocycles. The van der Waals surface area contributed by atoms with Gasteiger partial charge in [-0.15, -0.1) is 0 Å². The lowest BCUT2D eigenvalue weighted by Crippen LogP contribution is -2.29. The molecule has 1 aliphatic heterocycles. The fourth-order valence-electron chi connectivity index (χ4n) is 2.97. The average Bonchev–Trinajstić information content (AvgIpc) is 3.07. The predicted octanol–water partition coefficient (Wildman–Crippen LogP) is 4.87. The first-order valence-electron chi connectivity index (χ1n) is 9.87. The molecule has 0 saturated carbocycles. The van der Waals surface area contributed by atoms with E-state index in [4.69, 9.17) is 9.47 Å². The molecule has 0 radical (unpaired) electrons. The fraction of sp³-hybridized carbons (Fsp3) is 1.00. The van der Waals surface area contributed by atoms with E-state index in [1.807, 2.05) is 0 Å². The van der Waals surface area contributed by atoms with Crippen molar-refractivity contribution in [3.63, 3.8) is 0 Å². The first-order chi connectivity index (χ1) is 11.1. The Bertz CT molecular complexity index is 297. The van der Waals surface area contributed by atoms with Crippen molar-refractivity contribution < 1.29 is 19.7 Å². The summed E-state index contributed by atoms with van der Waals surface area (Å²) in [4.78, 5) is 0. The van der Waals surface area contributed by atoms with Gasteiger partial charge in [0, 0.05) is 6.42 Å². The second-order valence-corrected chi connectivity index (χ2v) is 6.96. The van der Waals surface area contributed by atoms with Crippen LogP contribution in [0.25, 0.3) is 0 Å². The topological polar surface area (TPSA) is 62.2 Å². The maximum Gasteiger partial charge on any atom is 0.340 e.